The molecule has 1 aliphatic rings. The van der Waals surface area contributed by atoms with Gasteiger partial charge in [-0.2, -0.15) is 0 Å². The lowest BCUT2D eigenvalue weighted by Gasteiger charge is -2.17. The summed E-state index contributed by atoms with van der Waals surface area (Å²) in [7, 11) is 3.90. The lowest BCUT2D eigenvalue weighted by molar-refractivity contribution is -0.132. The Balaban J connectivity index is 1.92. The second-order valence-electron chi connectivity index (χ2n) is 5.26. The van der Waals surface area contributed by atoms with E-state index in [0.29, 0.717) is 19.5 Å². The van der Waals surface area contributed by atoms with Crippen LogP contribution in [0.4, 0.5) is 5.69 Å². The van der Waals surface area contributed by atoms with Crippen LogP contribution in [-0.4, -0.2) is 50.4 Å². The first kappa shape index (κ1) is 14.5. The highest BCUT2D eigenvalue weighted by Gasteiger charge is 2.37. The number of hydrogen-bond donors (Lipinski definition) is 1. The van der Waals surface area contributed by atoms with Crippen molar-refractivity contribution < 1.29 is 9.59 Å². The van der Waals surface area contributed by atoms with Crippen molar-refractivity contribution in [1.29, 1.82) is 0 Å². The third-order valence-corrected chi connectivity index (χ3v) is 3.45. The number of carbonyl (C=O) groups excluding carboxylic acids is 2. The lowest BCUT2D eigenvalue weighted by Crippen LogP contribution is -2.39. The Morgan fingerprint density at radius 3 is 2.70 bits per heavy atom. The number of hydrogen-bond acceptors (Lipinski definition) is 3. The third-order valence-electron chi connectivity index (χ3n) is 3.45. The monoisotopic (exact) mass is 275 g/mol. The van der Waals surface area contributed by atoms with Crippen LogP contribution < -0.4 is 10.2 Å². The third kappa shape index (κ3) is 3.36. The Morgan fingerprint density at radius 2 is 2.05 bits per heavy atom. The maximum Gasteiger partial charge on any atom is 0.239 e. The van der Waals surface area contributed by atoms with Gasteiger partial charge in [-0.3, -0.25) is 9.59 Å². The minimum absolute atomic E-state index is 0.0986. The molecular formula is C15H21N3O2. The molecule has 0 bridgehead atoms. The van der Waals surface area contributed by atoms with Gasteiger partial charge in [0.05, 0.1) is 0 Å². The number of rotatable bonds is 5. The van der Waals surface area contributed by atoms with Crippen molar-refractivity contribution in [3.05, 3.63) is 30.3 Å². The zero-order valence-electron chi connectivity index (χ0n) is 12.0. The fourth-order valence-electron chi connectivity index (χ4n) is 2.31. The number of nitrogens with zero attached hydrogens (tertiary/aromatic N) is 2. The number of nitrogens with one attached hydrogen (secondary N) is 1. The van der Waals surface area contributed by atoms with Gasteiger partial charge in [-0.1, -0.05) is 18.2 Å². The summed E-state index contributed by atoms with van der Waals surface area (Å²) < 4.78 is 0. The topological polar surface area (TPSA) is 52.7 Å². The van der Waals surface area contributed by atoms with Crippen molar-refractivity contribution >= 4 is 17.5 Å². The van der Waals surface area contributed by atoms with Crippen LogP contribution in [0.2, 0.25) is 0 Å². The Hall–Kier alpha value is -1.88. The summed E-state index contributed by atoms with van der Waals surface area (Å²) in [5.74, 6) is -0.800. The van der Waals surface area contributed by atoms with Crippen LogP contribution >= 0.6 is 0 Å². The highest BCUT2D eigenvalue weighted by atomic mass is 16.2. The zero-order chi connectivity index (χ0) is 14.5. The van der Waals surface area contributed by atoms with Crippen LogP contribution in [0.5, 0.6) is 0 Å². The molecule has 1 saturated heterocycles. The number of anilines is 1. The second-order valence-corrected chi connectivity index (χ2v) is 5.26. The van der Waals surface area contributed by atoms with Gasteiger partial charge in [-0.15, -0.1) is 0 Å². The summed E-state index contributed by atoms with van der Waals surface area (Å²) in [4.78, 5) is 28.0. The second kappa shape index (κ2) is 6.52. The molecule has 1 heterocycles. The van der Waals surface area contributed by atoms with E-state index in [1.807, 2.05) is 49.3 Å². The fourth-order valence-corrected chi connectivity index (χ4v) is 2.31. The van der Waals surface area contributed by atoms with Crippen LogP contribution in [0.3, 0.4) is 0 Å². The van der Waals surface area contributed by atoms with Crippen molar-refractivity contribution in [2.24, 2.45) is 5.92 Å². The molecule has 5 nitrogen and oxygen atoms in total. The molecule has 20 heavy (non-hydrogen) atoms. The summed E-state index contributed by atoms with van der Waals surface area (Å²) in [6.07, 6.45) is 0.585. The lowest BCUT2D eigenvalue weighted by atomic mass is 10.1. The van der Waals surface area contributed by atoms with Crippen LogP contribution in [0, 0.1) is 5.92 Å². The van der Waals surface area contributed by atoms with E-state index < -0.39 is 5.92 Å². The van der Waals surface area contributed by atoms with E-state index in [4.69, 9.17) is 0 Å². The molecule has 2 rings (SSSR count). The average Bonchev–Trinajstić information content (AvgIpc) is 2.81. The highest BCUT2D eigenvalue weighted by molar-refractivity contribution is 6.09. The van der Waals surface area contributed by atoms with E-state index in [9.17, 15) is 9.59 Å². The molecule has 1 aliphatic heterocycles. The molecule has 0 radical (unpaired) electrons. The zero-order valence-corrected chi connectivity index (χ0v) is 12.0. The molecule has 0 spiro atoms. The number of amides is 2. The minimum Gasteiger partial charge on any atom is -0.354 e. The predicted molar refractivity (Wildman–Crippen MR) is 78.5 cm³/mol. The van der Waals surface area contributed by atoms with Gasteiger partial charge in [0.2, 0.25) is 11.8 Å². The number of carbonyl (C=O) groups is 2. The van der Waals surface area contributed by atoms with Gasteiger partial charge in [0.15, 0.2) is 0 Å². The molecular weight excluding hydrogens is 254 g/mol. The van der Waals surface area contributed by atoms with Gasteiger partial charge in [-0.05, 0) is 32.6 Å². The molecule has 1 N–H and O–H groups in total. The van der Waals surface area contributed by atoms with Gasteiger partial charge >= 0.3 is 0 Å². The van der Waals surface area contributed by atoms with Gasteiger partial charge in [0, 0.05) is 25.3 Å². The molecule has 0 aromatic heterocycles. The molecule has 1 unspecified atom stereocenters. The maximum atomic E-state index is 12.3. The SMILES string of the molecule is CN(C)CCNC(=O)C1CCN(c2ccccc2)C1=O. The van der Waals surface area contributed by atoms with Crippen molar-refractivity contribution in [2.45, 2.75) is 6.42 Å². The Labute approximate surface area is 119 Å². The molecule has 1 fully saturated rings. The largest absolute Gasteiger partial charge is 0.354 e. The molecule has 108 valence electrons. The van der Waals surface area contributed by atoms with Crippen LogP contribution in [-0.2, 0) is 9.59 Å². The van der Waals surface area contributed by atoms with E-state index in [2.05, 4.69) is 5.32 Å². The van der Waals surface area contributed by atoms with E-state index in [1.165, 1.54) is 0 Å². The van der Waals surface area contributed by atoms with Gasteiger partial charge < -0.3 is 15.1 Å². The molecule has 1 aromatic rings. The normalized spacial score (nSPS) is 18.6. The van der Waals surface area contributed by atoms with Crippen molar-refractivity contribution in [2.75, 3.05) is 38.6 Å². The first-order valence-corrected chi connectivity index (χ1v) is 6.88. The average molecular weight is 275 g/mol. The minimum atomic E-state index is -0.544. The molecule has 5 heteroatoms. The Bertz CT molecular complexity index is 473. The Kier molecular flexibility index (Phi) is 4.74. The number of para-hydroxylation sites is 1. The maximum absolute atomic E-state index is 12.3. The summed E-state index contributed by atoms with van der Waals surface area (Å²) in [6.45, 7) is 1.95. The van der Waals surface area contributed by atoms with Gasteiger partial charge in [0.1, 0.15) is 5.92 Å². The van der Waals surface area contributed by atoms with Crippen LogP contribution in [0.15, 0.2) is 30.3 Å². The smallest absolute Gasteiger partial charge is 0.239 e. The van der Waals surface area contributed by atoms with Crippen LogP contribution in [0.25, 0.3) is 0 Å². The predicted octanol–water partition coefficient (Wildman–Crippen LogP) is 0.717. The summed E-state index contributed by atoms with van der Waals surface area (Å²) in [6, 6.07) is 9.49. The number of benzene rings is 1. The van der Waals surface area contributed by atoms with Crippen molar-refractivity contribution in [1.82, 2.24) is 10.2 Å². The molecule has 0 aliphatic carbocycles. The summed E-state index contributed by atoms with van der Waals surface area (Å²) >= 11 is 0. The molecule has 0 saturated carbocycles. The summed E-state index contributed by atoms with van der Waals surface area (Å²) in [5.41, 5.74) is 0.862. The van der Waals surface area contributed by atoms with E-state index in [-0.39, 0.29) is 11.8 Å². The van der Waals surface area contributed by atoms with E-state index >= 15 is 0 Å². The quantitative estimate of drug-likeness (QED) is 0.806. The van der Waals surface area contributed by atoms with Gasteiger partial charge in [0.25, 0.3) is 0 Å². The highest BCUT2D eigenvalue weighted by Crippen LogP contribution is 2.24. The first-order chi connectivity index (χ1) is 9.59. The van der Waals surface area contributed by atoms with Crippen molar-refractivity contribution in [3.8, 4) is 0 Å². The molecule has 1 atom stereocenters. The standard InChI is InChI=1S/C15H21N3O2/c1-17(2)11-9-16-14(19)13-8-10-18(15(13)20)12-6-4-3-5-7-12/h3-7,13H,8-11H2,1-2H3,(H,16,19). The fraction of sp³-hybridized carbons (Fsp3) is 0.467. The van der Waals surface area contributed by atoms with Crippen LogP contribution in [0.1, 0.15) is 6.42 Å². The first-order valence-electron chi connectivity index (χ1n) is 6.88. The Morgan fingerprint density at radius 1 is 1.35 bits per heavy atom. The van der Waals surface area contributed by atoms with E-state index in [0.717, 1.165) is 12.2 Å². The van der Waals surface area contributed by atoms with Gasteiger partial charge in [-0.25, -0.2) is 0 Å². The molecule has 1 aromatic carbocycles. The van der Waals surface area contributed by atoms with E-state index in [1.54, 1.807) is 4.90 Å². The molecule has 2 amide bonds. The van der Waals surface area contributed by atoms with Crippen molar-refractivity contribution in [3.63, 3.8) is 0 Å². The number of likely N-dealkylation sites (N-methyl/N-ethyl adjacent to an activating group) is 1. The summed E-state index contributed by atoms with van der Waals surface area (Å²) in [5, 5.41) is 2.83.